The van der Waals surface area contributed by atoms with E-state index in [1.54, 1.807) is 54.6 Å². The highest BCUT2D eigenvalue weighted by Gasteiger charge is 2.42. The molecule has 0 saturated carbocycles. The van der Waals surface area contributed by atoms with Crippen molar-refractivity contribution in [2.24, 2.45) is 0 Å². The van der Waals surface area contributed by atoms with Gasteiger partial charge in [-0.05, 0) is 66.4 Å². The van der Waals surface area contributed by atoms with Crippen molar-refractivity contribution in [1.29, 1.82) is 0 Å². The van der Waals surface area contributed by atoms with E-state index in [0.29, 0.717) is 42.0 Å². The topological polar surface area (TPSA) is 95.7 Å². The third-order valence-electron chi connectivity index (χ3n) is 7.31. The van der Waals surface area contributed by atoms with Crippen molar-refractivity contribution in [3.05, 3.63) is 108 Å². The van der Waals surface area contributed by atoms with Gasteiger partial charge >= 0.3 is 0 Å². The average Bonchev–Trinajstić information content (AvgIpc) is 3.17. The first-order valence-electron chi connectivity index (χ1n) is 12.9. The molecular formula is C30H30F2N4O3S. The minimum atomic E-state index is -3.97. The number of fused-ring (bicyclic) bond motifs is 2. The number of likely N-dealkylation sites (tertiary alicyclic amines) is 1. The Balaban J connectivity index is 1.26. The zero-order chi connectivity index (χ0) is 28.4. The lowest BCUT2D eigenvalue weighted by atomic mass is 10.1. The van der Waals surface area contributed by atoms with Gasteiger partial charge in [-0.25, -0.2) is 17.2 Å². The van der Waals surface area contributed by atoms with Crippen molar-refractivity contribution in [2.45, 2.75) is 36.4 Å². The number of benzene rings is 3. The summed E-state index contributed by atoms with van der Waals surface area (Å²) in [6, 6.07) is 14.6. The molecule has 2 bridgehead atoms. The van der Waals surface area contributed by atoms with Gasteiger partial charge in [-0.1, -0.05) is 36.9 Å². The summed E-state index contributed by atoms with van der Waals surface area (Å²) >= 11 is 0. The molecule has 0 aromatic heterocycles. The van der Waals surface area contributed by atoms with Crippen molar-refractivity contribution in [1.82, 2.24) is 9.80 Å². The van der Waals surface area contributed by atoms with Gasteiger partial charge in [0.15, 0.2) is 0 Å². The summed E-state index contributed by atoms with van der Waals surface area (Å²) in [5.74, 6) is -1.32. The number of allylic oxidation sites excluding steroid dienone is 2. The Hall–Kier alpha value is -4.02. The quantitative estimate of drug-likeness (QED) is 0.295. The Labute approximate surface area is 232 Å². The van der Waals surface area contributed by atoms with E-state index in [0.717, 1.165) is 18.9 Å². The molecule has 2 fully saturated rings. The molecule has 3 aromatic rings. The van der Waals surface area contributed by atoms with E-state index in [1.165, 1.54) is 18.2 Å². The van der Waals surface area contributed by atoms with Crippen LogP contribution in [0.5, 0.6) is 0 Å². The summed E-state index contributed by atoms with van der Waals surface area (Å²) in [4.78, 5) is 17.4. The van der Waals surface area contributed by atoms with Gasteiger partial charge in [-0.2, -0.15) is 0 Å². The number of nitrogens with zero attached hydrogens (tertiary/aromatic N) is 2. The first-order valence-corrected chi connectivity index (χ1v) is 14.4. The molecule has 7 nitrogen and oxygen atoms in total. The molecule has 208 valence electrons. The average molecular weight is 565 g/mol. The maximum atomic E-state index is 13.6. The monoisotopic (exact) mass is 564 g/mol. The predicted molar refractivity (Wildman–Crippen MR) is 152 cm³/mol. The van der Waals surface area contributed by atoms with Crippen LogP contribution in [0.25, 0.3) is 6.08 Å². The van der Waals surface area contributed by atoms with Crippen molar-refractivity contribution < 1.29 is 22.0 Å². The van der Waals surface area contributed by atoms with Crippen LogP contribution < -0.4 is 10.5 Å². The summed E-state index contributed by atoms with van der Waals surface area (Å²) in [6.07, 6.45) is 6.62. The van der Waals surface area contributed by atoms with Crippen molar-refractivity contribution >= 4 is 33.4 Å². The van der Waals surface area contributed by atoms with Gasteiger partial charge in [0.05, 0.1) is 5.69 Å². The van der Waals surface area contributed by atoms with E-state index < -0.39 is 21.7 Å². The lowest BCUT2D eigenvalue weighted by Gasteiger charge is -2.41. The molecule has 2 aliphatic heterocycles. The number of rotatable bonds is 8. The molecule has 3 aromatic carbocycles. The molecule has 1 amide bonds. The minimum absolute atomic E-state index is 0.00627. The lowest BCUT2D eigenvalue weighted by molar-refractivity contribution is 0.0405. The van der Waals surface area contributed by atoms with E-state index in [-0.39, 0.29) is 28.6 Å². The van der Waals surface area contributed by atoms with Crippen LogP contribution in [-0.2, 0) is 16.6 Å². The van der Waals surface area contributed by atoms with Crippen molar-refractivity contribution in [3.63, 3.8) is 0 Å². The molecule has 2 aliphatic rings. The predicted octanol–water partition coefficient (Wildman–Crippen LogP) is 5.04. The first kappa shape index (κ1) is 27.5. The SMILES string of the molecule is C=C/C=C\c1cccc(S(=O)(=O)Nc2ccc(C(=O)N3C4CCC3CN(Cc3cc(F)cc(F)c3)C4)cc2)c1N. The first-order chi connectivity index (χ1) is 19.1. The maximum absolute atomic E-state index is 13.6. The number of nitrogen functional groups attached to an aromatic ring is 1. The zero-order valence-electron chi connectivity index (χ0n) is 21.8. The van der Waals surface area contributed by atoms with E-state index in [9.17, 15) is 22.0 Å². The molecule has 0 aliphatic carbocycles. The van der Waals surface area contributed by atoms with Crippen LogP contribution in [0.4, 0.5) is 20.2 Å². The molecule has 40 heavy (non-hydrogen) atoms. The molecular weight excluding hydrogens is 534 g/mol. The van der Waals surface area contributed by atoms with E-state index >= 15 is 0 Å². The van der Waals surface area contributed by atoms with Gasteiger partial charge in [0.1, 0.15) is 16.5 Å². The molecule has 10 heteroatoms. The van der Waals surface area contributed by atoms with Gasteiger partial charge in [-0.3, -0.25) is 14.4 Å². The third kappa shape index (κ3) is 5.78. The Morgan fingerprint density at radius 3 is 2.30 bits per heavy atom. The molecule has 2 saturated heterocycles. The van der Waals surface area contributed by atoms with Crippen molar-refractivity contribution in [3.8, 4) is 0 Å². The Morgan fingerprint density at radius 2 is 1.68 bits per heavy atom. The number of para-hydroxylation sites is 1. The smallest absolute Gasteiger partial charge is 0.263 e. The number of hydrogen-bond donors (Lipinski definition) is 2. The zero-order valence-corrected chi connectivity index (χ0v) is 22.6. The standard InChI is InChI=1S/C30H30F2N4O3S/c1-2-3-5-21-6-4-7-28(29(21)33)40(38,39)34-25-10-8-22(9-11-25)30(37)36-26-12-13-27(36)19-35(18-26)17-20-14-23(31)16-24(32)15-20/h2-11,14-16,26-27,34H,1,12-13,17-19,33H2/b5-3-. The van der Waals surface area contributed by atoms with Crippen LogP contribution in [0.15, 0.2) is 84.3 Å². The highest BCUT2D eigenvalue weighted by Crippen LogP contribution is 2.33. The number of halogens is 2. The van der Waals surface area contributed by atoms with Gasteiger partial charge in [0, 0.05) is 49.0 Å². The Bertz CT molecular complexity index is 1540. The van der Waals surface area contributed by atoms with Crippen molar-refractivity contribution in [2.75, 3.05) is 23.5 Å². The second kappa shape index (κ2) is 11.2. The number of sulfonamides is 1. The number of carbonyl (C=O) groups is 1. The highest BCUT2D eigenvalue weighted by atomic mass is 32.2. The van der Waals surface area contributed by atoms with Gasteiger partial charge < -0.3 is 10.6 Å². The van der Waals surface area contributed by atoms with Crippen LogP contribution in [0.2, 0.25) is 0 Å². The number of nitrogens with two attached hydrogens (primary N) is 1. The fourth-order valence-corrected chi connectivity index (χ4v) is 6.79. The highest BCUT2D eigenvalue weighted by molar-refractivity contribution is 7.92. The molecule has 2 unspecified atom stereocenters. The maximum Gasteiger partial charge on any atom is 0.263 e. The minimum Gasteiger partial charge on any atom is -0.397 e. The summed E-state index contributed by atoms with van der Waals surface area (Å²) in [5.41, 5.74) is 8.12. The van der Waals surface area contributed by atoms with E-state index in [4.69, 9.17) is 5.73 Å². The number of hydrogen-bond acceptors (Lipinski definition) is 5. The number of carbonyl (C=O) groups excluding carboxylic acids is 1. The summed E-state index contributed by atoms with van der Waals surface area (Å²) in [5, 5.41) is 0. The van der Waals surface area contributed by atoms with Crippen LogP contribution in [0, 0.1) is 11.6 Å². The van der Waals surface area contributed by atoms with Gasteiger partial charge in [-0.15, -0.1) is 0 Å². The van der Waals surface area contributed by atoms with Gasteiger partial charge in [0.2, 0.25) is 0 Å². The normalized spacial score (nSPS) is 19.2. The van der Waals surface area contributed by atoms with Crippen LogP contribution >= 0.6 is 0 Å². The van der Waals surface area contributed by atoms with Crippen LogP contribution in [0.1, 0.15) is 34.3 Å². The molecule has 0 radical (unpaired) electrons. The molecule has 0 spiro atoms. The Kier molecular flexibility index (Phi) is 7.73. The summed E-state index contributed by atoms with van der Waals surface area (Å²) in [6.45, 7) is 5.24. The number of amides is 1. The van der Waals surface area contributed by atoms with E-state index in [1.807, 2.05) is 4.90 Å². The second-order valence-electron chi connectivity index (χ2n) is 10.1. The second-order valence-corrected chi connectivity index (χ2v) is 11.8. The Morgan fingerprint density at radius 1 is 1.02 bits per heavy atom. The van der Waals surface area contributed by atoms with Gasteiger partial charge in [0.25, 0.3) is 15.9 Å². The molecule has 2 atom stereocenters. The number of piperazine rings is 1. The molecule has 5 rings (SSSR count). The summed E-state index contributed by atoms with van der Waals surface area (Å²) in [7, 11) is -3.97. The van der Waals surface area contributed by atoms with Crippen LogP contribution in [-0.4, -0.2) is 49.3 Å². The summed E-state index contributed by atoms with van der Waals surface area (Å²) < 4.78 is 55.9. The largest absolute Gasteiger partial charge is 0.397 e. The molecule has 2 heterocycles. The molecule has 3 N–H and O–H groups in total. The number of anilines is 2. The lowest BCUT2D eigenvalue weighted by Crippen LogP contribution is -2.55. The number of nitrogens with one attached hydrogen (secondary N) is 1. The fraction of sp³-hybridized carbons (Fsp3) is 0.233. The third-order valence-corrected chi connectivity index (χ3v) is 8.75. The van der Waals surface area contributed by atoms with Crippen LogP contribution in [0.3, 0.4) is 0 Å². The fourth-order valence-electron chi connectivity index (χ4n) is 5.56. The van der Waals surface area contributed by atoms with E-state index in [2.05, 4.69) is 16.2 Å².